The first-order valence-electron chi connectivity index (χ1n) is 8.85. The fourth-order valence-corrected chi connectivity index (χ4v) is 3.32. The summed E-state index contributed by atoms with van der Waals surface area (Å²) in [6.07, 6.45) is 7.50. The van der Waals surface area contributed by atoms with E-state index >= 15 is 0 Å². The monoisotopic (exact) mass is 286 g/mol. The molecule has 2 aromatic rings. The summed E-state index contributed by atoms with van der Waals surface area (Å²) in [5.41, 5.74) is 4.35. The van der Waals surface area contributed by atoms with Crippen LogP contribution in [0.2, 0.25) is 0 Å². The van der Waals surface area contributed by atoms with Gasteiger partial charge in [-0.1, -0.05) is 0 Å². The molecule has 0 fully saturated rings. The average molecular weight is 286 g/mol. The molecule has 1 heteroatoms. The van der Waals surface area contributed by atoms with Crippen molar-refractivity contribution in [2.45, 2.75) is 56.5 Å². The van der Waals surface area contributed by atoms with Crippen LogP contribution in [0.3, 0.4) is 0 Å². The third kappa shape index (κ3) is 4.28. The topological polar surface area (TPSA) is 0 Å². The molecule has 112 valence electrons. The van der Waals surface area contributed by atoms with Crippen molar-refractivity contribution in [2.75, 3.05) is 0 Å². The molecule has 0 amide bonds. The molecule has 0 aromatic heterocycles. The number of hydrogen-bond donors (Lipinski definition) is 0. The summed E-state index contributed by atoms with van der Waals surface area (Å²) in [4.78, 5) is 0. The predicted octanol–water partition coefficient (Wildman–Crippen LogP) is 5.63. The third-order valence-corrected chi connectivity index (χ3v) is 4.82. The van der Waals surface area contributed by atoms with Crippen molar-refractivity contribution in [2.24, 2.45) is 0 Å². The minimum atomic E-state index is 0.126. The Hall–Kier alpha value is -0.963. The summed E-state index contributed by atoms with van der Waals surface area (Å²) >= 11 is 2.41. The average Bonchev–Trinajstić information content (AvgIpc) is 2.57. The van der Waals surface area contributed by atoms with E-state index in [2.05, 4.69) is 86.2 Å². The molecule has 0 N–H and O–H groups in total. The molecule has 0 aliphatic rings. The Bertz CT molecular complexity index is 544. The molecule has 0 heterocycles. The van der Waals surface area contributed by atoms with E-state index in [9.17, 15) is 0 Å². The van der Waals surface area contributed by atoms with E-state index in [1.165, 1.54) is 55.2 Å². The summed E-state index contributed by atoms with van der Waals surface area (Å²) in [6.45, 7) is 4.52. The van der Waals surface area contributed by atoms with Crippen LogP contribution in [0.15, 0.2) is 54.6 Å². The van der Waals surface area contributed by atoms with Gasteiger partial charge in [-0.15, -0.1) is 0 Å². The van der Waals surface area contributed by atoms with Crippen LogP contribution in [0, 0.1) is 0 Å². The Morgan fingerprint density at radius 1 is 0.773 bits per heavy atom. The van der Waals surface area contributed by atoms with E-state index in [0.29, 0.717) is 0 Å². The molecular weight excluding hydrogens is 259 g/mol. The van der Waals surface area contributed by atoms with Gasteiger partial charge in [0, 0.05) is 0 Å². The zero-order valence-corrected chi connectivity index (χ0v) is 14.4. The van der Waals surface area contributed by atoms with E-state index in [1.54, 1.807) is 0 Å². The fraction of sp³-hybridized carbons (Fsp3) is 0.429. The van der Waals surface area contributed by atoms with Crippen molar-refractivity contribution >= 4 is 17.7 Å². The van der Waals surface area contributed by atoms with Gasteiger partial charge >= 0.3 is 145 Å². The van der Waals surface area contributed by atoms with Crippen LogP contribution in [-0.4, -0.2) is 17.7 Å². The van der Waals surface area contributed by atoms with Gasteiger partial charge in [0.15, 0.2) is 0 Å². The van der Waals surface area contributed by atoms with Crippen LogP contribution in [-0.2, 0) is 10.5 Å². The molecule has 2 rings (SSSR count). The van der Waals surface area contributed by atoms with Crippen LogP contribution in [0.1, 0.15) is 62.6 Å². The molecule has 0 radical (unpaired) electrons. The van der Waals surface area contributed by atoms with Gasteiger partial charge in [-0.25, -0.2) is 0 Å². The second kappa shape index (κ2) is 8.61. The quantitative estimate of drug-likeness (QED) is 0.435. The molecule has 1 unspecified atom stereocenters. The molecule has 0 spiro atoms. The molecule has 0 aliphatic carbocycles. The zero-order valence-electron chi connectivity index (χ0n) is 14.4. The Morgan fingerprint density at radius 2 is 1.41 bits per heavy atom. The first-order chi connectivity index (χ1) is 10.7. The van der Waals surface area contributed by atoms with Gasteiger partial charge in [-0.3, -0.25) is 0 Å². The maximum absolute atomic E-state index is 2.41. The van der Waals surface area contributed by atoms with Gasteiger partial charge in [0.05, 0.1) is 0 Å². The van der Waals surface area contributed by atoms with Crippen LogP contribution in [0.5, 0.6) is 0 Å². The van der Waals surface area contributed by atoms with Gasteiger partial charge in [0.25, 0.3) is 0 Å². The van der Waals surface area contributed by atoms with Crippen LogP contribution < -0.4 is 0 Å². The van der Waals surface area contributed by atoms with Crippen molar-refractivity contribution in [1.82, 2.24) is 0 Å². The van der Waals surface area contributed by atoms with E-state index in [-0.39, 0.29) is 4.09 Å². The molecule has 1 atom stereocenters. The first-order valence-corrected chi connectivity index (χ1v) is 8.85. The molecule has 22 heavy (non-hydrogen) atoms. The first kappa shape index (κ1) is 17.4. The van der Waals surface area contributed by atoms with Gasteiger partial charge in [0.2, 0.25) is 0 Å². The van der Waals surface area contributed by atoms with E-state index in [4.69, 9.17) is 0 Å². The molecule has 0 nitrogen and oxygen atoms in total. The van der Waals surface area contributed by atoms with Crippen molar-refractivity contribution in [3.63, 3.8) is 0 Å². The summed E-state index contributed by atoms with van der Waals surface area (Å²) in [5, 5.41) is 0. The Kier molecular flexibility index (Phi) is 6.81. The van der Waals surface area contributed by atoms with Crippen molar-refractivity contribution in [3.05, 3.63) is 71.3 Å². The normalized spacial score (nSPS) is 13.8. The van der Waals surface area contributed by atoms with Crippen molar-refractivity contribution < 1.29 is 0 Å². The van der Waals surface area contributed by atoms with Crippen molar-refractivity contribution in [3.8, 4) is 0 Å². The number of rotatable bonds is 8. The van der Waals surface area contributed by atoms with Crippen LogP contribution in [0.4, 0.5) is 0 Å². The van der Waals surface area contributed by atoms with Crippen molar-refractivity contribution in [1.29, 1.82) is 0 Å². The molecular formula is C21H27Li. The SMILES string of the molecule is [Li][C](CCCCC)(c1ccccc1)c1ccc(CCC)cc1. The van der Waals surface area contributed by atoms with E-state index < -0.39 is 0 Å². The Balaban J connectivity index is 2.31. The zero-order chi connectivity index (χ0) is 15.8. The van der Waals surface area contributed by atoms with Gasteiger partial charge in [-0.2, -0.15) is 0 Å². The van der Waals surface area contributed by atoms with Gasteiger partial charge in [0.1, 0.15) is 0 Å². The van der Waals surface area contributed by atoms with E-state index in [0.717, 1.165) is 0 Å². The van der Waals surface area contributed by atoms with Gasteiger partial charge < -0.3 is 0 Å². The molecule has 0 saturated heterocycles. The van der Waals surface area contributed by atoms with E-state index in [1.807, 2.05) is 0 Å². The Morgan fingerprint density at radius 3 is 2.00 bits per heavy atom. The summed E-state index contributed by atoms with van der Waals surface area (Å²) in [5.74, 6) is 0. The molecule has 0 saturated carbocycles. The number of unbranched alkanes of at least 4 members (excludes halogenated alkanes) is 2. The van der Waals surface area contributed by atoms with Crippen LogP contribution >= 0.6 is 0 Å². The minimum absolute atomic E-state index is 0.126. The standard InChI is InChI=1S/C21H27.Li/c1-3-5-7-13-21(19-11-8-6-9-12-19)20-16-14-18(10-4-2)15-17-20;/h6,8-9,11-12,14-17H,3-5,7,10,13H2,1-2H3;. The van der Waals surface area contributed by atoms with Crippen LogP contribution in [0.25, 0.3) is 0 Å². The fourth-order valence-electron chi connectivity index (χ4n) is 3.32. The second-order valence-corrected chi connectivity index (χ2v) is 6.60. The second-order valence-electron chi connectivity index (χ2n) is 6.60. The van der Waals surface area contributed by atoms with Gasteiger partial charge in [-0.05, 0) is 0 Å². The summed E-state index contributed by atoms with van der Waals surface area (Å²) in [6, 6.07) is 20.4. The predicted molar refractivity (Wildman–Crippen MR) is 97.6 cm³/mol. The molecule has 0 aliphatic heterocycles. The molecule has 2 aromatic carbocycles. The Labute approximate surface area is 145 Å². The molecule has 0 bridgehead atoms. The number of hydrogen-bond acceptors (Lipinski definition) is 0. The summed E-state index contributed by atoms with van der Waals surface area (Å²) < 4.78 is 0.126. The maximum atomic E-state index is 2.41. The number of benzene rings is 2. The third-order valence-electron chi connectivity index (χ3n) is 4.82. The number of aryl methyl sites for hydroxylation is 1. The summed E-state index contributed by atoms with van der Waals surface area (Å²) in [7, 11) is 0.